The van der Waals surface area contributed by atoms with Crippen LogP contribution in [0.25, 0.3) is 0 Å². The van der Waals surface area contributed by atoms with E-state index in [0.29, 0.717) is 0 Å². The second-order valence-corrected chi connectivity index (χ2v) is 1.34. The van der Waals surface area contributed by atoms with Gasteiger partial charge in [0.1, 0.15) is 0 Å². The summed E-state index contributed by atoms with van der Waals surface area (Å²) in [4.78, 5) is 25.4. The third-order valence-electron chi connectivity index (χ3n) is 0.689. The molecule has 4 heteroatoms. The molecule has 0 aliphatic rings. The van der Waals surface area contributed by atoms with E-state index in [-0.39, 0.29) is 13.1 Å². The summed E-state index contributed by atoms with van der Waals surface area (Å²) in [5, 5.41) is 0. The second-order valence-electron chi connectivity index (χ2n) is 1.34. The fraction of sp³-hybridized carbons (Fsp3) is 0.333. The van der Waals surface area contributed by atoms with Gasteiger partial charge in [-0.05, 0) is 0 Å². The van der Waals surface area contributed by atoms with Gasteiger partial charge in [-0.1, -0.05) is 12.2 Å². The van der Waals surface area contributed by atoms with Gasteiger partial charge in [-0.25, -0.2) is 19.6 Å². The van der Waals surface area contributed by atoms with Gasteiger partial charge in [-0.3, -0.25) is 0 Å². The monoisotopic (exact) mass is 138 g/mol. The number of hydrogen-bond acceptors (Lipinski definition) is 4. The Morgan fingerprint density at radius 3 is 1.70 bits per heavy atom. The summed E-state index contributed by atoms with van der Waals surface area (Å²) in [6, 6.07) is 0. The molecule has 0 aliphatic heterocycles. The maximum Gasteiger partial charge on any atom is 0.235 e. The molecule has 0 spiro atoms. The Kier molecular flexibility index (Phi) is 6.38. The van der Waals surface area contributed by atoms with Crippen LogP contribution in [0, 0.1) is 0 Å². The SMILES string of the molecule is O=C=NC/C=C/CN=C=O. The largest absolute Gasteiger partial charge is 0.235 e. The van der Waals surface area contributed by atoms with E-state index in [1.54, 1.807) is 12.2 Å². The number of carbonyl (C=O) groups excluding carboxylic acids is 2. The van der Waals surface area contributed by atoms with E-state index in [4.69, 9.17) is 0 Å². The molecule has 0 saturated heterocycles. The molecule has 52 valence electrons. The Balaban J connectivity index is 3.37. The van der Waals surface area contributed by atoms with Crippen molar-refractivity contribution >= 4 is 12.2 Å². The smallest absolute Gasteiger partial charge is 0.211 e. The molecule has 0 N–H and O–H groups in total. The van der Waals surface area contributed by atoms with Crippen LogP contribution < -0.4 is 0 Å². The molecule has 0 radical (unpaired) electrons. The van der Waals surface area contributed by atoms with Crippen LogP contribution in [0.4, 0.5) is 0 Å². The molecule has 0 aromatic carbocycles. The van der Waals surface area contributed by atoms with Crippen molar-refractivity contribution in [3.8, 4) is 0 Å². The highest BCUT2D eigenvalue weighted by atomic mass is 16.1. The summed E-state index contributed by atoms with van der Waals surface area (Å²) in [5.74, 6) is 0. The summed E-state index contributed by atoms with van der Waals surface area (Å²) in [7, 11) is 0. The predicted molar refractivity (Wildman–Crippen MR) is 35.1 cm³/mol. The molecule has 0 aromatic rings. The average molecular weight is 138 g/mol. The molecule has 0 fully saturated rings. The molecular weight excluding hydrogens is 132 g/mol. The first-order valence-corrected chi connectivity index (χ1v) is 2.64. The normalized spacial score (nSPS) is 8.40. The molecule has 4 nitrogen and oxygen atoms in total. The minimum atomic E-state index is 0.290. The van der Waals surface area contributed by atoms with E-state index in [9.17, 15) is 9.59 Å². The molecule has 0 aliphatic carbocycles. The highest BCUT2D eigenvalue weighted by molar-refractivity contribution is 5.33. The van der Waals surface area contributed by atoms with Crippen molar-refractivity contribution in [2.75, 3.05) is 13.1 Å². The van der Waals surface area contributed by atoms with Crippen LogP contribution >= 0.6 is 0 Å². The van der Waals surface area contributed by atoms with E-state index in [2.05, 4.69) is 9.98 Å². The first-order valence-electron chi connectivity index (χ1n) is 2.64. The lowest BCUT2D eigenvalue weighted by Gasteiger charge is -1.75. The lowest BCUT2D eigenvalue weighted by Crippen LogP contribution is -1.73. The van der Waals surface area contributed by atoms with Crippen LogP contribution in [-0.2, 0) is 9.59 Å². The molecule has 0 unspecified atom stereocenters. The molecule has 10 heavy (non-hydrogen) atoms. The summed E-state index contributed by atoms with van der Waals surface area (Å²) < 4.78 is 0. The Labute approximate surface area is 58.0 Å². The number of isocyanates is 2. The summed E-state index contributed by atoms with van der Waals surface area (Å²) in [5.41, 5.74) is 0. The Hall–Kier alpha value is -1.50. The van der Waals surface area contributed by atoms with Crippen molar-refractivity contribution in [1.82, 2.24) is 0 Å². The van der Waals surface area contributed by atoms with Crippen LogP contribution in [0.15, 0.2) is 22.1 Å². The molecule has 0 amide bonds. The van der Waals surface area contributed by atoms with Gasteiger partial charge < -0.3 is 0 Å². The van der Waals surface area contributed by atoms with Gasteiger partial charge in [0.25, 0.3) is 0 Å². The standard InChI is InChI=1S/C6H6N2O2/c9-5-7-3-1-2-4-8-6-10/h1-2H,3-4H2/b2-1+. The van der Waals surface area contributed by atoms with Gasteiger partial charge in [0.05, 0.1) is 13.1 Å². The van der Waals surface area contributed by atoms with E-state index < -0.39 is 0 Å². The van der Waals surface area contributed by atoms with Gasteiger partial charge in [-0.2, -0.15) is 0 Å². The first kappa shape index (κ1) is 8.50. The highest BCUT2D eigenvalue weighted by Crippen LogP contribution is 1.74. The molecule has 0 bridgehead atoms. The average Bonchev–Trinajstić information content (AvgIpc) is 1.97. The zero-order valence-corrected chi connectivity index (χ0v) is 5.28. The maximum absolute atomic E-state index is 9.48. The summed E-state index contributed by atoms with van der Waals surface area (Å²) in [6.45, 7) is 0.579. The zero-order valence-electron chi connectivity index (χ0n) is 5.28. The highest BCUT2D eigenvalue weighted by Gasteiger charge is 1.70. The zero-order chi connectivity index (χ0) is 7.66. The fourth-order valence-corrected chi connectivity index (χ4v) is 0.329. The predicted octanol–water partition coefficient (Wildman–Crippen LogP) is 0.214. The third kappa shape index (κ3) is 6.50. The third-order valence-corrected chi connectivity index (χ3v) is 0.689. The number of hydrogen-bond donors (Lipinski definition) is 0. The van der Waals surface area contributed by atoms with Crippen LogP contribution in [-0.4, -0.2) is 25.2 Å². The van der Waals surface area contributed by atoms with Crippen LogP contribution in [0.1, 0.15) is 0 Å². The molecule has 0 rings (SSSR count). The van der Waals surface area contributed by atoms with Crippen molar-refractivity contribution < 1.29 is 9.59 Å². The van der Waals surface area contributed by atoms with Crippen molar-refractivity contribution in [2.24, 2.45) is 9.98 Å². The Morgan fingerprint density at radius 2 is 1.40 bits per heavy atom. The molecule has 0 saturated carbocycles. The van der Waals surface area contributed by atoms with Crippen LogP contribution in [0.5, 0.6) is 0 Å². The van der Waals surface area contributed by atoms with E-state index in [1.165, 1.54) is 12.2 Å². The van der Waals surface area contributed by atoms with Gasteiger partial charge in [0.15, 0.2) is 0 Å². The molecule has 0 aromatic heterocycles. The maximum atomic E-state index is 9.48. The summed E-state index contributed by atoms with van der Waals surface area (Å²) >= 11 is 0. The minimum absolute atomic E-state index is 0.290. The number of nitrogens with zero attached hydrogens (tertiary/aromatic N) is 2. The Morgan fingerprint density at radius 1 is 1.00 bits per heavy atom. The van der Waals surface area contributed by atoms with Gasteiger partial charge in [0.2, 0.25) is 12.2 Å². The van der Waals surface area contributed by atoms with Gasteiger partial charge >= 0.3 is 0 Å². The van der Waals surface area contributed by atoms with Gasteiger partial charge in [-0.15, -0.1) is 0 Å². The molecule has 0 atom stereocenters. The van der Waals surface area contributed by atoms with Crippen molar-refractivity contribution in [2.45, 2.75) is 0 Å². The Bertz CT molecular complexity index is 176. The first-order chi connectivity index (χ1) is 4.91. The number of aliphatic imine (C=N–C) groups is 2. The van der Waals surface area contributed by atoms with Gasteiger partial charge in [0, 0.05) is 0 Å². The van der Waals surface area contributed by atoms with Crippen LogP contribution in [0.2, 0.25) is 0 Å². The van der Waals surface area contributed by atoms with E-state index in [0.717, 1.165) is 0 Å². The van der Waals surface area contributed by atoms with Crippen LogP contribution in [0.3, 0.4) is 0 Å². The molecule has 0 heterocycles. The lowest BCUT2D eigenvalue weighted by molar-refractivity contribution is 0.563. The lowest BCUT2D eigenvalue weighted by atomic mass is 10.5. The van der Waals surface area contributed by atoms with Crippen molar-refractivity contribution in [3.63, 3.8) is 0 Å². The minimum Gasteiger partial charge on any atom is -0.211 e. The molecular formula is C6H6N2O2. The summed E-state index contributed by atoms with van der Waals surface area (Å²) in [6.07, 6.45) is 5.98. The van der Waals surface area contributed by atoms with E-state index in [1.807, 2.05) is 0 Å². The topological polar surface area (TPSA) is 58.9 Å². The van der Waals surface area contributed by atoms with Crippen molar-refractivity contribution in [3.05, 3.63) is 12.2 Å². The quantitative estimate of drug-likeness (QED) is 0.317. The number of rotatable bonds is 4. The van der Waals surface area contributed by atoms with Crippen molar-refractivity contribution in [1.29, 1.82) is 0 Å². The van der Waals surface area contributed by atoms with E-state index >= 15 is 0 Å². The fourth-order valence-electron chi connectivity index (χ4n) is 0.329. The second kappa shape index (κ2) is 7.50.